The molecule has 0 aliphatic heterocycles. The maximum absolute atomic E-state index is 13.5. The van der Waals surface area contributed by atoms with Crippen LogP contribution in [0.5, 0.6) is 0 Å². The van der Waals surface area contributed by atoms with Crippen LogP contribution in [-0.4, -0.2) is 30.5 Å². The molecule has 1 N–H and O–H groups in total. The number of aromatic nitrogens is 4. The highest BCUT2D eigenvalue weighted by atomic mass is 32.2. The second-order valence-electron chi connectivity index (χ2n) is 8.26. The number of hydrogen-bond acceptors (Lipinski definition) is 6. The molecular weight excluding hydrogens is 442 g/mol. The van der Waals surface area contributed by atoms with Gasteiger partial charge in [-0.15, -0.1) is 17.9 Å². The summed E-state index contributed by atoms with van der Waals surface area (Å²) in [6, 6.07) is 0. The fourth-order valence-electron chi connectivity index (χ4n) is 4.17. The number of nitrogens with one attached hydrogen (secondary N) is 1. The molecule has 3 aromatic rings. The van der Waals surface area contributed by atoms with E-state index in [0.717, 1.165) is 53.0 Å². The van der Waals surface area contributed by atoms with E-state index in [1.807, 2.05) is 27.8 Å². The highest BCUT2D eigenvalue weighted by Crippen LogP contribution is 2.34. The van der Waals surface area contributed by atoms with Crippen LogP contribution in [0.2, 0.25) is 0 Å². The predicted octanol–water partition coefficient (Wildman–Crippen LogP) is 4.38. The lowest BCUT2D eigenvalue weighted by Gasteiger charge is -2.15. The van der Waals surface area contributed by atoms with Crippen molar-refractivity contribution < 1.29 is 4.79 Å². The van der Waals surface area contributed by atoms with Gasteiger partial charge in [-0.2, -0.15) is 5.10 Å². The first-order valence-corrected chi connectivity index (χ1v) is 12.6. The van der Waals surface area contributed by atoms with Gasteiger partial charge in [-0.3, -0.25) is 18.8 Å². The number of anilines is 1. The van der Waals surface area contributed by atoms with Gasteiger partial charge in [0.1, 0.15) is 4.83 Å². The minimum absolute atomic E-state index is 0.0247. The van der Waals surface area contributed by atoms with E-state index in [1.54, 1.807) is 26.7 Å². The van der Waals surface area contributed by atoms with E-state index in [2.05, 4.69) is 17.0 Å². The molecular formula is C23H29N5O2S2. The summed E-state index contributed by atoms with van der Waals surface area (Å²) in [5, 5.41) is 8.23. The first-order valence-electron chi connectivity index (χ1n) is 11.0. The van der Waals surface area contributed by atoms with Gasteiger partial charge in [0, 0.05) is 18.5 Å². The summed E-state index contributed by atoms with van der Waals surface area (Å²) in [5.41, 5.74) is 3.57. The number of amides is 1. The molecule has 0 saturated carbocycles. The van der Waals surface area contributed by atoms with Gasteiger partial charge in [-0.05, 0) is 52.0 Å². The van der Waals surface area contributed by atoms with Crippen molar-refractivity contribution in [2.75, 3.05) is 5.32 Å². The van der Waals surface area contributed by atoms with Crippen molar-refractivity contribution in [1.82, 2.24) is 19.3 Å². The molecule has 4 rings (SSSR count). The molecule has 1 atom stereocenters. The summed E-state index contributed by atoms with van der Waals surface area (Å²) in [7, 11) is 1.85. The van der Waals surface area contributed by atoms with Crippen LogP contribution in [0.3, 0.4) is 0 Å². The Balaban J connectivity index is 1.67. The molecule has 9 heteroatoms. The van der Waals surface area contributed by atoms with Crippen molar-refractivity contribution in [3.05, 3.63) is 44.8 Å². The lowest BCUT2D eigenvalue weighted by atomic mass is 10.1. The average Bonchev–Trinajstić information content (AvgIpc) is 3.09. The molecule has 0 fully saturated rings. The zero-order chi connectivity index (χ0) is 23.0. The lowest BCUT2D eigenvalue weighted by molar-refractivity contribution is -0.115. The molecule has 1 unspecified atom stereocenters. The summed E-state index contributed by atoms with van der Waals surface area (Å²) in [4.78, 5) is 33.4. The van der Waals surface area contributed by atoms with Gasteiger partial charge in [-0.25, -0.2) is 4.98 Å². The maximum Gasteiger partial charge on any atom is 0.263 e. The van der Waals surface area contributed by atoms with E-state index in [-0.39, 0.29) is 11.5 Å². The van der Waals surface area contributed by atoms with Gasteiger partial charge in [-0.1, -0.05) is 24.3 Å². The first-order chi connectivity index (χ1) is 15.3. The summed E-state index contributed by atoms with van der Waals surface area (Å²) in [6.45, 7) is 9.81. The Bertz CT molecular complexity index is 1250. The molecule has 7 nitrogen and oxygen atoms in total. The van der Waals surface area contributed by atoms with Gasteiger partial charge in [0.05, 0.1) is 27.7 Å². The molecule has 1 aliphatic rings. The largest absolute Gasteiger partial charge is 0.322 e. The van der Waals surface area contributed by atoms with Crippen LogP contribution in [0, 0.1) is 13.8 Å². The SMILES string of the molecule is C=CCn1c(SC(C)C(=O)Nc2c(C)nn(C)c2C)nc2sc3c(c2c1=O)CCCCC3. The minimum Gasteiger partial charge on any atom is -0.322 e. The number of allylic oxidation sites excluding steroid dienone is 1. The predicted molar refractivity (Wildman–Crippen MR) is 132 cm³/mol. The van der Waals surface area contributed by atoms with E-state index in [9.17, 15) is 9.59 Å². The first kappa shape index (κ1) is 22.8. The molecule has 3 heterocycles. The number of rotatable bonds is 6. The van der Waals surface area contributed by atoms with E-state index >= 15 is 0 Å². The summed E-state index contributed by atoms with van der Waals surface area (Å²) >= 11 is 2.94. The number of fused-ring (bicyclic) bond motifs is 3. The van der Waals surface area contributed by atoms with E-state index in [0.29, 0.717) is 11.7 Å². The number of hydrogen-bond donors (Lipinski definition) is 1. The quantitative estimate of drug-likeness (QED) is 0.250. The fourth-order valence-corrected chi connectivity index (χ4v) is 6.39. The van der Waals surface area contributed by atoms with Crippen molar-refractivity contribution in [2.45, 2.75) is 69.8 Å². The number of carbonyl (C=O) groups excluding carboxylic acids is 1. The molecule has 0 radical (unpaired) electrons. The van der Waals surface area contributed by atoms with Crippen LogP contribution < -0.4 is 10.9 Å². The fraction of sp³-hybridized carbons (Fsp3) is 0.478. The van der Waals surface area contributed by atoms with E-state index < -0.39 is 5.25 Å². The van der Waals surface area contributed by atoms with Crippen LogP contribution in [-0.2, 0) is 31.2 Å². The number of aryl methyl sites for hydroxylation is 4. The van der Waals surface area contributed by atoms with Crippen LogP contribution in [0.4, 0.5) is 5.69 Å². The molecule has 3 aromatic heterocycles. The molecule has 0 saturated heterocycles. The molecule has 1 amide bonds. The van der Waals surface area contributed by atoms with Crippen LogP contribution in [0.1, 0.15) is 48.0 Å². The summed E-state index contributed by atoms with van der Waals surface area (Å²) in [6.07, 6.45) is 7.13. The Morgan fingerprint density at radius 3 is 2.75 bits per heavy atom. The second kappa shape index (κ2) is 9.23. The van der Waals surface area contributed by atoms with Crippen LogP contribution in [0.15, 0.2) is 22.6 Å². The molecule has 170 valence electrons. The van der Waals surface area contributed by atoms with Crippen molar-refractivity contribution in [2.24, 2.45) is 7.05 Å². The lowest BCUT2D eigenvalue weighted by Crippen LogP contribution is -2.27. The normalized spacial score (nSPS) is 14.8. The van der Waals surface area contributed by atoms with Gasteiger partial charge >= 0.3 is 0 Å². The number of nitrogens with zero attached hydrogens (tertiary/aromatic N) is 4. The van der Waals surface area contributed by atoms with Crippen molar-refractivity contribution in [1.29, 1.82) is 0 Å². The highest BCUT2D eigenvalue weighted by Gasteiger charge is 2.24. The number of carbonyl (C=O) groups is 1. The van der Waals surface area contributed by atoms with E-state index in [1.165, 1.54) is 28.6 Å². The maximum atomic E-state index is 13.5. The third kappa shape index (κ3) is 4.15. The Morgan fingerprint density at radius 2 is 2.06 bits per heavy atom. The number of thioether (sulfide) groups is 1. The van der Waals surface area contributed by atoms with Crippen molar-refractivity contribution in [3.8, 4) is 0 Å². The van der Waals surface area contributed by atoms with Gasteiger partial charge in [0.25, 0.3) is 5.56 Å². The molecule has 1 aliphatic carbocycles. The van der Waals surface area contributed by atoms with E-state index in [4.69, 9.17) is 4.98 Å². The molecule has 0 bridgehead atoms. The van der Waals surface area contributed by atoms with Gasteiger partial charge < -0.3 is 5.32 Å². The molecule has 0 spiro atoms. The topological polar surface area (TPSA) is 81.8 Å². The van der Waals surface area contributed by atoms with Crippen molar-refractivity contribution in [3.63, 3.8) is 0 Å². The molecule has 32 heavy (non-hydrogen) atoms. The van der Waals surface area contributed by atoms with Gasteiger partial charge in [0.2, 0.25) is 5.91 Å². The Labute approximate surface area is 195 Å². The third-order valence-electron chi connectivity index (χ3n) is 6.01. The van der Waals surface area contributed by atoms with Crippen LogP contribution >= 0.6 is 23.1 Å². The van der Waals surface area contributed by atoms with Crippen molar-refractivity contribution >= 4 is 44.9 Å². The Hall–Kier alpha value is -2.39. The smallest absolute Gasteiger partial charge is 0.263 e. The second-order valence-corrected chi connectivity index (χ2v) is 10.7. The van der Waals surface area contributed by atoms with Crippen LogP contribution in [0.25, 0.3) is 10.2 Å². The standard InChI is InChI=1S/C23H29N5O2S2/c1-6-12-28-22(30)18-16-10-8-7-9-11-17(16)32-21(18)25-23(28)31-15(4)20(29)24-19-13(2)26-27(5)14(19)3/h6,15H,1,7-12H2,2-5H3,(H,24,29). The average molecular weight is 472 g/mol. The summed E-state index contributed by atoms with van der Waals surface area (Å²) in [5.74, 6) is -0.143. The zero-order valence-electron chi connectivity index (χ0n) is 19.0. The molecule has 0 aromatic carbocycles. The summed E-state index contributed by atoms with van der Waals surface area (Å²) < 4.78 is 3.41. The minimum atomic E-state index is -0.438. The number of thiophene rings is 1. The Kier molecular flexibility index (Phi) is 6.57. The van der Waals surface area contributed by atoms with Gasteiger partial charge in [0.15, 0.2) is 5.16 Å². The third-order valence-corrected chi connectivity index (χ3v) is 8.29. The highest BCUT2D eigenvalue weighted by molar-refractivity contribution is 8.00. The Morgan fingerprint density at radius 1 is 1.31 bits per heavy atom. The zero-order valence-corrected chi connectivity index (χ0v) is 20.7. The monoisotopic (exact) mass is 471 g/mol.